The minimum absolute atomic E-state index is 0.233. The Balaban J connectivity index is 2.39. The number of nitrogens with one attached hydrogen (secondary N) is 1. The molecule has 0 bridgehead atoms. The van der Waals surface area contributed by atoms with E-state index in [9.17, 15) is 4.79 Å². The van der Waals surface area contributed by atoms with Crippen LogP contribution in [0, 0.1) is 5.41 Å². The van der Waals surface area contributed by atoms with E-state index in [-0.39, 0.29) is 12.0 Å². The van der Waals surface area contributed by atoms with Crippen LogP contribution >= 0.6 is 0 Å². The molecule has 0 aliphatic heterocycles. The summed E-state index contributed by atoms with van der Waals surface area (Å²) in [5, 5.41) is 3.45. The van der Waals surface area contributed by atoms with Gasteiger partial charge in [0.05, 0.1) is 25.7 Å². The van der Waals surface area contributed by atoms with Crippen molar-refractivity contribution in [2.45, 2.75) is 19.9 Å². The van der Waals surface area contributed by atoms with Crippen molar-refractivity contribution in [2.24, 2.45) is 5.41 Å². The molecule has 0 aromatic heterocycles. The van der Waals surface area contributed by atoms with E-state index in [1.807, 2.05) is 68.4 Å². The summed E-state index contributed by atoms with van der Waals surface area (Å²) in [5.41, 5.74) is 1.20. The van der Waals surface area contributed by atoms with Gasteiger partial charge >= 0.3 is 5.97 Å². The van der Waals surface area contributed by atoms with Crippen LogP contribution in [0.5, 0.6) is 5.75 Å². The van der Waals surface area contributed by atoms with Gasteiger partial charge < -0.3 is 14.8 Å². The van der Waals surface area contributed by atoms with Crippen molar-refractivity contribution in [1.82, 2.24) is 0 Å². The maximum Gasteiger partial charge on any atom is 0.313 e. The van der Waals surface area contributed by atoms with Crippen molar-refractivity contribution in [3.63, 3.8) is 0 Å². The zero-order valence-electron chi connectivity index (χ0n) is 14.0. The Labute approximate surface area is 137 Å². The van der Waals surface area contributed by atoms with Gasteiger partial charge in [0.15, 0.2) is 0 Å². The molecule has 1 N–H and O–H groups in total. The summed E-state index contributed by atoms with van der Waals surface area (Å²) in [5.74, 6) is 0.518. The second-order valence-electron chi connectivity index (χ2n) is 5.93. The smallest absolute Gasteiger partial charge is 0.313 e. The second kappa shape index (κ2) is 7.18. The molecule has 0 saturated carbocycles. The van der Waals surface area contributed by atoms with Crippen LogP contribution in [-0.2, 0) is 9.53 Å². The number of carbonyl (C=O) groups excluding carboxylic acids is 1. The Hall–Kier alpha value is -2.49. The summed E-state index contributed by atoms with van der Waals surface area (Å²) in [6, 6.07) is 17.3. The summed E-state index contributed by atoms with van der Waals surface area (Å²) in [6.45, 7) is 3.76. The summed E-state index contributed by atoms with van der Waals surface area (Å²) in [7, 11) is 3.05. The van der Waals surface area contributed by atoms with Crippen LogP contribution in [0.3, 0.4) is 0 Å². The molecule has 4 heteroatoms. The van der Waals surface area contributed by atoms with Crippen LogP contribution in [0.1, 0.15) is 25.5 Å². The molecule has 0 saturated heterocycles. The van der Waals surface area contributed by atoms with Crippen molar-refractivity contribution >= 4 is 11.7 Å². The van der Waals surface area contributed by atoms with E-state index in [1.54, 1.807) is 7.11 Å². The van der Waals surface area contributed by atoms with E-state index in [4.69, 9.17) is 9.47 Å². The second-order valence-corrected chi connectivity index (χ2v) is 5.93. The van der Waals surface area contributed by atoms with Gasteiger partial charge in [-0.1, -0.05) is 30.3 Å². The number of benzene rings is 2. The highest BCUT2D eigenvalue weighted by Crippen LogP contribution is 2.37. The quantitative estimate of drug-likeness (QED) is 0.817. The molecule has 0 spiro atoms. The molecule has 2 aromatic rings. The molecule has 0 heterocycles. The highest BCUT2D eigenvalue weighted by atomic mass is 16.5. The lowest BCUT2D eigenvalue weighted by Gasteiger charge is -2.33. The Morgan fingerprint density at radius 2 is 1.61 bits per heavy atom. The number of anilines is 1. The van der Waals surface area contributed by atoms with Gasteiger partial charge in [-0.05, 0) is 43.7 Å². The highest BCUT2D eigenvalue weighted by molar-refractivity contribution is 5.78. The zero-order chi connectivity index (χ0) is 16.9. The van der Waals surface area contributed by atoms with Crippen LogP contribution < -0.4 is 10.1 Å². The van der Waals surface area contributed by atoms with Gasteiger partial charge in [0.25, 0.3) is 0 Å². The lowest BCUT2D eigenvalue weighted by atomic mass is 9.80. The van der Waals surface area contributed by atoms with Crippen LogP contribution in [0.15, 0.2) is 54.6 Å². The summed E-state index contributed by atoms with van der Waals surface area (Å²) in [6.07, 6.45) is 0. The first-order chi connectivity index (χ1) is 11.0. The number of methoxy groups -OCH3 is 2. The van der Waals surface area contributed by atoms with Gasteiger partial charge in [-0.25, -0.2) is 0 Å². The first-order valence-corrected chi connectivity index (χ1v) is 7.53. The number of ether oxygens (including phenoxy) is 2. The number of rotatable bonds is 6. The Bertz CT molecular complexity index is 635. The fraction of sp³-hybridized carbons (Fsp3) is 0.316. The zero-order valence-corrected chi connectivity index (χ0v) is 14.0. The maximum atomic E-state index is 12.3. The monoisotopic (exact) mass is 313 g/mol. The third-order valence-corrected chi connectivity index (χ3v) is 3.97. The number of carbonyl (C=O) groups is 1. The molecule has 4 nitrogen and oxygen atoms in total. The van der Waals surface area contributed by atoms with Crippen LogP contribution in [0.4, 0.5) is 5.69 Å². The van der Waals surface area contributed by atoms with Crippen molar-refractivity contribution in [1.29, 1.82) is 0 Å². The maximum absolute atomic E-state index is 12.3. The topological polar surface area (TPSA) is 47.6 Å². The lowest BCUT2D eigenvalue weighted by molar-refractivity contribution is -0.151. The standard InChI is InChI=1S/C19H23NO3/c1-19(2,18(21)23-4)17(20-15-8-6-5-7-9-15)14-10-12-16(22-3)13-11-14/h5-13,17,20H,1-4H3/t17-/m1/s1. The molecule has 0 radical (unpaired) electrons. The molecule has 0 unspecified atom stereocenters. The van der Waals surface area contributed by atoms with Gasteiger partial charge in [0, 0.05) is 5.69 Å². The van der Waals surface area contributed by atoms with E-state index >= 15 is 0 Å². The fourth-order valence-corrected chi connectivity index (χ4v) is 2.56. The minimum Gasteiger partial charge on any atom is -0.497 e. The van der Waals surface area contributed by atoms with Gasteiger partial charge in [0.2, 0.25) is 0 Å². The first kappa shape index (κ1) is 16.9. The van der Waals surface area contributed by atoms with Crippen molar-refractivity contribution < 1.29 is 14.3 Å². The summed E-state index contributed by atoms with van der Waals surface area (Å²) >= 11 is 0. The van der Waals surface area contributed by atoms with E-state index in [0.717, 1.165) is 17.0 Å². The van der Waals surface area contributed by atoms with E-state index < -0.39 is 5.41 Å². The number of hydrogen-bond acceptors (Lipinski definition) is 4. The number of para-hydroxylation sites is 1. The molecule has 1 atom stereocenters. The van der Waals surface area contributed by atoms with E-state index in [1.165, 1.54) is 7.11 Å². The van der Waals surface area contributed by atoms with Crippen molar-refractivity contribution in [3.8, 4) is 5.75 Å². The van der Waals surface area contributed by atoms with Crippen molar-refractivity contribution in [2.75, 3.05) is 19.5 Å². The fourth-order valence-electron chi connectivity index (χ4n) is 2.56. The third-order valence-electron chi connectivity index (χ3n) is 3.97. The predicted molar refractivity (Wildman–Crippen MR) is 91.6 cm³/mol. The van der Waals surface area contributed by atoms with Crippen LogP contribution in [0.2, 0.25) is 0 Å². The molecule has 2 aromatic carbocycles. The molecule has 0 aliphatic rings. The average Bonchev–Trinajstić information content (AvgIpc) is 2.59. The van der Waals surface area contributed by atoms with Crippen molar-refractivity contribution in [3.05, 3.63) is 60.2 Å². The highest BCUT2D eigenvalue weighted by Gasteiger charge is 2.39. The van der Waals surface area contributed by atoms with Gasteiger partial charge in [0.1, 0.15) is 5.75 Å². The summed E-state index contributed by atoms with van der Waals surface area (Å²) in [4.78, 5) is 12.3. The van der Waals surface area contributed by atoms with Gasteiger partial charge in [-0.2, -0.15) is 0 Å². The normalized spacial score (nSPS) is 12.3. The van der Waals surface area contributed by atoms with Gasteiger partial charge in [-0.15, -0.1) is 0 Å². The van der Waals surface area contributed by atoms with Crippen LogP contribution in [0.25, 0.3) is 0 Å². The van der Waals surface area contributed by atoms with Crippen LogP contribution in [-0.4, -0.2) is 20.2 Å². The Morgan fingerprint density at radius 3 is 2.13 bits per heavy atom. The molecule has 0 amide bonds. The molecule has 122 valence electrons. The minimum atomic E-state index is -0.737. The lowest BCUT2D eigenvalue weighted by Crippen LogP contribution is -2.36. The average molecular weight is 313 g/mol. The molecule has 23 heavy (non-hydrogen) atoms. The molecular formula is C19H23NO3. The molecular weight excluding hydrogens is 290 g/mol. The predicted octanol–water partition coefficient (Wildman–Crippen LogP) is 4.05. The third kappa shape index (κ3) is 3.83. The SMILES string of the molecule is COC(=O)C(C)(C)[C@H](Nc1ccccc1)c1ccc(OC)cc1. The van der Waals surface area contributed by atoms with Gasteiger partial charge in [-0.3, -0.25) is 4.79 Å². The number of esters is 1. The number of hydrogen-bond donors (Lipinski definition) is 1. The Morgan fingerprint density at radius 1 is 1.00 bits per heavy atom. The van der Waals surface area contributed by atoms with E-state index in [2.05, 4.69) is 5.32 Å². The molecule has 0 aliphatic carbocycles. The largest absolute Gasteiger partial charge is 0.497 e. The first-order valence-electron chi connectivity index (χ1n) is 7.53. The molecule has 0 fully saturated rings. The molecule has 2 rings (SSSR count). The Kier molecular flexibility index (Phi) is 5.27. The summed E-state index contributed by atoms with van der Waals surface area (Å²) < 4.78 is 10.2. The van der Waals surface area contributed by atoms with E-state index in [0.29, 0.717) is 0 Å².